The zero-order valence-corrected chi connectivity index (χ0v) is 15.8. The lowest BCUT2D eigenvalue weighted by Crippen LogP contribution is -2.36. The first kappa shape index (κ1) is 18.2. The van der Waals surface area contributed by atoms with Gasteiger partial charge in [-0.25, -0.2) is 21.1 Å². The van der Waals surface area contributed by atoms with Crippen LogP contribution in [0.2, 0.25) is 0 Å². The van der Waals surface area contributed by atoms with Gasteiger partial charge in [-0.2, -0.15) is 0 Å². The Morgan fingerprint density at radius 2 is 1.92 bits per heavy atom. The lowest BCUT2D eigenvalue weighted by Gasteiger charge is -2.26. The molecule has 0 unspecified atom stereocenters. The third-order valence-electron chi connectivity index (χ3n) is 4.66. The van der Waals surface area contributed by atoms with Crippen molar-refractivity contribution < 1.29 is 26.4 Å². The molecule has 0 bridgehead atoms. The molecule has 1 aromatic rings. The molecule has 2 heterocycles. The molecule has 10 heteroatoms. The Hall–Kier alpha value is -1.65. The Kier molecular flexibility index (Phi) is 4.33. The highest BCUT2D eigenvalue weighted by Gasteiger charge is 2.50. The lowest BCUT2D eigenvalue weighted by molar-refractivity contribution is -0.117. The minimum absolute atomic E-state index is 0.0160. The number of nitrogens with zero attached hydrogens (tertiary/aromatic N) is 2. The minimum Gasteiger partial charge on any atom is -0.495 e. The van der Waals surface area contributed by atoms with Crippen LogP contribution in [0.4, 0.5) is 5.69 Å². The molecule has 0 aromatic heterocycles. The molecule has 0 radical (unpaired) electrons. The van der Waals surface area contributed by atoms with Crippen LogP contribution in [0.5, 0.6) is 5.75 Å². The van der Waals surface area contributed by atoms with Crippen molar-refractivity contribution in [2.24, 2.45) is 5.92 Å². The quantitative estimate of drug-likeness (QED) is 0.725. The number of carbonyl (C=O) groups excluding carboxylic acids is 1. The van der Waals surface area contributed by atoms with Gasteiger partial charge in [0.1, 0.15) is 5.75 Å². The van der Waals surface area contributed by atoms with E-state index in [0.717, 1.165) is 4.31 Å². The van der Waals surface area contributed by atoms with Crippen LogP contribution in [0, 0.1) is 5.92 Å². The molecule has 3 rings (SSSR count). The van der Waals surface area contributed by atoms with Gasteiger partial charge in [0.15, 0.2) is 9.84 Å². The summed E-state index contributed by atoms with van der Waals surface area (Å²) in [6.07, 6.45) is 0.137. The SMILES string of the molecule is COc1ccc(S(=O)(=O)N(C)C)cc1N1C(=O)C[C@H]2CS(=O)(=O)C[C@@H]21. The number of carbonyl (C=O) groups is 1. The Morgan fingerprint density at radius 1 is 1.24 bits per heavy atom. The number of rotatable bonds is 4. The highest BCUT2D eigenvalue weighted by molar-refractivity contribution is 7.91. The number of hydrogen-bond donors (Lipinski definition) is 0. The molecule has 1 amide bonds. The fraction of sp³-hybridized carbons (Fsp3) is 0.533. The van der Waals surface area contributed by atoms with Gasteiger partial charge < -0.3 is 9.64 Å². The molecule has 0 aliphatic carbocycles. The summed E-state index contributed by atoms with van der Waals surface area (Å²) < 4.78 is 55.0. The van der Waals surface area contributed by atoms with Gasteiger partial charge in [-0.3, -0.25) is 4.79 Å². The van der Waals surface area contributed by atoms with Gasteiger partial charge in [0.05, 0.1) is 35.2 Å². The Labute approximate surface area is 147 Å². The van der Waals surface area contributed by atoms with Gasteiger partial charge in [-0.05, 0) is 18.2 Å². The first-order chi connectivity index (χ1) is 11.6. The van der Waals surface area contributed by atoms with Crippen molar-refractivity contribution in [1.29, 1.82) is 0 Å². The Morgan fingerprint density at radius 3 is 2.52 bits per heavy atom. The van der Waals surface area contributed by atoms with E-state index in [-0.39, 0.29) is 34.6 Å². The third kappa shape index (κ3) is 3.02. The highest BCUT2D eigenvalue weighted by atomic mass is 32.2. The van der Waals surface area contributed by atoms with E-state index >= 15 is 0 Å². The fourth-order valence-corrected chi connectivity index (χ4v) is 6.42. The maximum atomic E-state index is 12.5. The molecule has 2 atom stereocenters. The van der Waals surface area contributed by atoms with Gasteiger partial charge in [-0.15, -0.1) is 0 Å². The van der Waals surface area contributed by atoms with E-state index in [2.05, 4.69) is 0 Å². The maximum absolute atomic E-state index is 12.5. The van der Waals surface area contributed by atoms with Crippen molar-refractivity contribution >= 4 is 31.5 Å². The van der Waals surface area contributed by atoms with Crippen LogP contribution in [-0.2, 0) is 24.7 Å². The number of sulfonamides is 1. The fourth-order valence-electron chi connectivity index (χ4n) is 3.43. The van der Waals surface area contributed by atoms with Crippen molar-refractivity contribution in [1.82, 2.24) is 4.31 Å². The van der Waals surface area contributed by atoms with Crippen molar-refractivity contribution in [2.75, 3.05) is 37.6 Å². The molecule has 2 fully saturated rings. The van der Waals surface area contributed by atoms with E-state index in [9.17, 15) is 21.6 Å². The van der Waals surface area contributed by atoms with Crippen molar-refractivity contribution in [3.05, 3.63) is 18.2 Å². The summed E-state index contributed by atoms with van der Waals surface area (Å²) >= 11 is 0. The summed E-state index contributed by atoms with van der Waals surface area (Å²) in [4.78, 5) is 13.9. The summed E-state index contributed by atoms with van der Waals surface area (Å²) in [5.74, 6) is -0.287. The third-order valence-corrected chi connectivity index (χ3v) is 8.26. The second kappa shape index (κ2) is 5.96. The normalized spacial score (nSPS) is 25.4. The molecule has 2 aliphatic rings. The average Bonchev–Trinajstić information content (AvgIpc) is 2.96. The average molecular weight is 388 g/mol. The predicted octanol–water partition coefficient (Wildman–Crippen LogP) is 0.0954. The molecule has 8 nitrogen and oxygen atoms in total. The number of amides is 1. The van der Waals surface area contributed by atoms with Gasteiger partial charge in [0, 0.05) is 26.4 Å². The first-order valence-corrected chi connectivity index (χ1v) is 11.0. The molecular formula is C15H20N2O6S2. The highest BCUT2D eigenvalue weighted by Crippen LogP contribution is 2.41. The van der Waals surface area contributed by atoms with Crippen LogP contribution in [-0.4, -0.2) is 65.8 Å². The monoisotopic (exact) mass is 388 g/mol. The second-order valence-corrected chi connectivity index (χ2v) is 10.8. The molecule has 0 N–H and O–H groups in total. The van der Waals surface area contributed by atoms with E-state index in [1.807, 2.05) is 0 Å². The van der Waals surface area contributed by atoms with E-state index in [0.29, 0.717) is 11.4 Å². The zero-order chi connectivity index (χ0) is 18.6. The second-order valence-electron chi connectivity index (χ2n) is 6.49. The molecule has 0 saturated carbocycles. The van der Waals surface area contributed by atoms with Crippen LogP contribution in [0.15, 0.2) is 23.1 Å². The topological polar surface area (TPSA) is 101 Å². The number of anilines is 1. The van der Waals surface area contributed by atoms with E-state index in [1.54, 1.807) is 0 Å². The molecule has 0 spiro atoms. The smallest absolute Gasteiger partial charge is 0.242 e. The van der Waals surface area contributed by atoms with Gasteiger partial charge >= 0.3 is 0 Å². The van der Waals surface area contributed by atoms with Crippen molar-refractivity contribution in [3.63, 3.8) is 0 Å². The van der Waals surface area contributed by atoms with E-state index in [4.69, 9.17) is 4.74 Å². The number of benzene rings is 1. The Balaban J connectivity index is 2.11. The minimum atomic E-state index is -3.69. The number of ether oxygens (including phenoxy) is 1. The standard InChI is InChI=1S/C15H20N2O6S2/c1-16(2)25(21,22)11-4-5-14(23-3)12(7-11)17-13-9-24(19,20)8-10(13)6-15(17)18/h4-5,7,10,13H,6,8-9H2,1-3H3/t10-,13-/m0/s1. The summed E-state index contributed by atoms with van der Waals surface area (Å²) in [7, 11) is -2.65. The van der Waals surface area contributed by atoms with Crippen LogP contribution in [0.1, 0.15) is 6.42 Å². The van der Waals surface area contributed by atoms with E-state index < -0.39 is 25.9 Å². The Bertz CT molecular complexity index is 923. The number of methoxy groups -OCH3 is 1. The maximum Gasteiger partial charge on any atom is 0.242 e. The van der Waals surface area contributed by atoms with Gasteiger partial charge in [0.2, 0.25) is 15.9 Å². The number of sulfone groups is 1. The molecule has 138 valence electrons. The van der Waals surface area contributed by atoms with Crippen molar-refractivity contribution in [2.45, 2.75) is 17.4 Å². The zero-order valence-electron chi connectivity index (χ0n) is 14.2. The summed E-state index contributed by atoms with van der Waals surface area (Å²) in [5.41, 5.74) is 0.292. The molecule has 2 aliphatic heterocycles. The largest absolute Gasteiger partial charge is 0.495 e. The number of fused-ring (bicyclic) bond motifs is 1. The van der Waals surface area contributed by atoms with Crippen molar-refractivity contribution in [3.8, 4) is 5.75 Å². The summed E-state index contributed by atoms with van der Waals surface area (Å²) in [5, 5.41) is 0. The van der Waals surface area contributed by atoms with Crippen LogP contribution in [0.25, 0.3) is 0 Å². The molecule has 2 saturated heterocycles. The number of hydrogen-bond acceptors (Lipinski definition) is 6. The summed E-state index contributed by atoms with van der Waals surface area (Å²) in [6, 6.07) is 3.78. The van der Waals surface area contributed by atoms with Crippen LogP contribution < -0.4 is 9.64 Å². The predicted molar refractivity (Wildman–Crippen MR) is 91.9 cm³/mol. The van der Waals surface area contributed by atoms with Crippen LogP contribution >= 0.6 is 0 Å². The van der Waals surface area contributed by atoms with Crippen LogP contribution in [0.3, 0.4) is 0 Å². The molecule has 1 aromatic carbocycles. The molecule has 25 heavy (non-hydrogen) atoms. The van der Waals surface area contributed by atoms with E-state index in [1.165, 1.54) is 44.3 Å². The first-order valence-electron chi connectivity index (χ1n) is 7.70. The van der Waals surface area contributed by atoms with Gasteiger partial charge in [0.25, 0.3) is 0 Å². The van der Waals surface area contributed by atoms with Gasteiger partial charge in [-0.1, -0.05) is 0 Å². The lowest BCUT2D eigenvalue weighted by atomic mass is 10.0. The molecular weight excluding hydrogens is 368 g/mol. The summed E-state index contributed by atoms with van der Waals surface area (Å²) in [6.45, 7) is 0.